The van der Waals surface area contributed by atoms with Gasteiger partial charge in [-0.05, 0) is 63.1 Å². The first-order valence-electron chi connectivity index (χ1n) is 10.0. The van der Waals surface area contributed by atoms with Crippen LogP contribution in [0.25, 0.3) is 21.1 Å². The summed E-state index contributed by atoms with van der Waals surface area (Å²) in [6, 6.07) is 12.3. The van der Waals surface area contributed by atoms with Gasteiger partial charge < -0.3 is 15.0 Å². The zero-order chi connectivity index (χ0) is 21.1. The minimum atomic E-state index is 0.0305. The molecule has 4 rings (SSSR count). The van der Waals surface area contributed by atoms with Crippen LogP contribution >= 0.6 is 23.1 Å². The van der Waals surface area contributed by atoms with Crippen LogP contribution in [0.1, 0.15) is 23.7 Å². The van der Waals surface area contributed by atoms with Crippen molar-refractivity contribution in [1.82, 2.24) is 15.3 Å². The van der Waals surface area contributed by atoms with Gasteiger partial charge in [0, 0.05) is 23.1 Å². The van der Waals surface area contributed by atoms with Crippen LogP contribution in [-0.2, 0) is 11.2 Å². The van der Waals surface area contributed by atoms with Gasteiger partial charge in [-0.25, -0.2) is 4.98 Å². The zero-order valence-electron chi connectivity index (χ0n) is 17.4. The lowest BCUT2D eigenvalue weighted by Gasteiger charge is -2.05. The molecule has 0 saturated carbocycles. The summed E-state index contributed by atoms with van der Waals surface area (Å²) >= 11 is 3.07. The van der Waals surface area contributed by atoms with Crippen molar-refractivity contribution in [3.63, 3.8) is 0 Å². The molecule has 0 aliphatic heterocycles. The van der Waals surface area contributed by atoms with Crippen molar-refractivity contribution >= 4 is 50.1 Å². The average Bonchev–Trinajstić information content (AvgIpc) is 3.26. The van der Waals surface area contributed by atoms with Gasteiger partial charge in [-0.3, -0.25) is 4.79 Å². The Labute approximate surface area is 184 Å². The number of thioether (sulfide) groups is 1. The molecule has 2 aromatic carbocycles. The molecule has 1 amide bonds. The second-order valence-electron chi connectivity index (χ2n) is 7.21. The molecule has 0 atom stereocenters. The van der Waals surface area contributed by atoms with Crippen molar-refractivity contribution in [2.45, 2.75) is 31.5 Å². The molecular weight excluding hydrogens is 414 g/mol. The Morgan fingerprint density at radius 1 is 1.23 bits per heavy atom. The molecule has 2 N–H and O–H groups in total. The smallest absolute Gasteiger partial charge is 0.230 e. The number of aromatic amines is 1. The van der Waals surface area contributed by atoms with E-state index in [0.29, 0.717) is 18.9 Å². The number of aromatic nitrogens is 2. The largest absolute Gasteiger partial charge is 0.494 e. The summed E-state index contributed by atoms with van der Waals surface area (Å²) in [6.45, 7) is 7.43. The number of amides is 1. The molecule has 0 bridgehead atoms. The molecule has 156 valence electrons. The Balaban J connectivity index is 1.31. The van der Waals surface area contributed by atoms with E-state index in [9.17, 15) is 4.79 Å². The second-order valence-corrected chi connectivity index (χ2v) is 9.46. The van der Waals surface area contributed by atoms with Crippen molar-refractivity contribution in [3.8, 4) is 5.75 Å². The number of aryl methyl sites for hydroxylation is 2. The summed E-state index contributed by atoms with van der Waals surface area (Å²) in [5.74, 6) is 1.25. The van der Waals surface area contributed by atoms with Crippen LogP contribution in [0.2, 0.25) is 0 Å². The van der Waals surface area contributed by atoms with Crippen LogP contribution in [0.4, 0.5) is 0 Å². The third-order valence-electron chi connectivity index (χ3n) is 4.95. The van der Waals surface area contributed by atoms with E-state index in [-0.39, 0.29) is 5.91 Å². The number of fused-ring (bicyclic) bond motifs is 2. The molecule has 0 unspecified atom stereocenters. The zero-order valence-corrected chi connectivity index (χ0v) is 19.0. The number of ether oxygens (including phenoxy) is 1. The second kappa shape index (κ2) is 9.10. The van der Waals surface area contributed by atoms with Gasteiger partial charge in [-0.2, -0.15) is 0 Å². The van der Waals surface area contributed by atoms with E-state index in [0.717, 1.165) is 32.2 Å². The van der Waals surface area contributed by atoms with Crippen LogP contribution in [0.15, 0.2) is 40.7 Å². The number of hydrogen-bond acceptors (Lipinski definition) is 5. The number of thiazole rings is 1. The molecule has 5 nitrogen and oxygen atoms in total. The summed E-state index contributed by atoms with van der Waals surface area (Å²) in [6.07, 6.45) is 0.813. The number of hydrogen-bond donors (Lipinski definition) is 2. The number of rotatable bonds is 8. The molecule has 0 aliphatic rings. The summed E-state index contributed by atoms with van der Waals surface area (Å²) in [5, 5.41) is 4.29. The Kier molecular flexibility index (Phi) is 6.29. The number of nitrogens with one attached hydrogen (secondary N) is 2. The predicted molar refractivity (Wildman–Crippen MR) is 126 cm³/mol. The third kappa shape index (κ3) is 4.63. The summed E-state index contributed by atoms with van der Waals surface area (Å²) < 4.78 is 7.52. The fourth-order valence-electron chi connectivity index (χ4n) is 3.53. The highest BCUT2D eigenvalue weighted by Crippen LogP contribution is 2.31. The van der Waals surface area contributed by atoms with E-state index < -0.39 is 0 Å². The van der Waals surface area contributed by atoms with Crippen molar-refractivity contribution < 1.29 is 9.53 Å². The fourth-order valence-corrected chi connectivity index (χ4v) is 5.45. The van der Waals surface area contributed by atoms with Gasteiger partial charge >= 0.3 is 0 Å². The van der Waals surface area contributed by atoms with Gasteiger partial charge in [0.05, 0.1) is 22.6 Å². The van der Waals surface area contributed by atoms with Crippen LogP contribution in [-0.4, -0.2) is 34.8 Å². The summed E-state index contributed by atoms with van der Waals surface area (Å²) in [4.78, 5) is 20.4. The number of nitrogens with zero attached hydrogens (tertiary/aromatic N) is 1. The van der Waals surface area contributed by atoms with E-state index in [2.05, 4.69) is 47.3 Å². The summed E-state index contributed by atoms with van der Waals surface area (Å²) in [7, 11) is 0. The van der Waals surface area contributed by atoms with Gasteiger partial charge in [0.25, 0.3) is 0 Å². The van der Waals surface area contributed by atoms with Crippen molar-refractivity contribution in [2.75, 3.05) is 18.9 Å². The molecule has 0 aliphatic carbocycles. The van der Waals surface area contributed by atoms with E-state index in [4.69, 9.17) is 4.74 Å². The Bertz CT molecular complexity index is 1200. The Hall–Kier alpha value is -2.51. The van der Waals surface area contributed by atoms with E-state index >= 15 is 0 Å². The first-order valence-corrected chi connectivity index (χ1v) is 11.8. The molecule has 0 saturated heterocycles. The first-order chi connectivity index (χ1) is 14.5. The molecule has 0 spiro atoms. The van der Waals surface area contributed by atoms with Gasteiger partial charge in [0.1, 0.15) is 5.75 Å². The first kappa shape index (κ1) is 20.8. The average molecular weight is 440 g/mol. The predicted octanol–water partition coefficient (Wildman–Crippen LogP) is 5.24. The molecular formula is C23H25N3O2S2. The van der Waals surface area contributed by atoms with Crippen LogP contribution in [0.5, 0.6) is 5.75 Å². The van der Waals surface area contributed by atoms with Crippen LogP contribution < -0.4 is 10.1 Å². The normalized spacial score (nSPS) is 11.3. The topological polar surface area (TPSA) is 67.0 Å². The van der Waals surface area contributed by atoms with Crippen molar-refractivity contribution in [2.24, 2.45) is 0 Å². The molecule has 2 aromatic heterocycles. The lowest BCUT2D eigenvalue weighted by molar-refractivity contribution is -0.118. The molecule has 4 aromatic rings. The molecule has 30 heavy (non-hydrogen) atoms. The highest BCUT2D eigenvalue weighted by atomic mass is 32.2. The number of carbonyl (C=O) groups excluding carboxylic acids is 1. The fraction of sp³-hybridized carbons (Fsp3) is 0.304. The minimum absolute atomic E-state index is 0.0305. The lowest BCUT2D eigenvalue weighted by Crippen LogP contribution is -2.27. The quantitative estimate of drug-likeness (QED) is 0.368. The Morgan fingerprint density at radius 3 is 2.93 bits per heavy atom. The van der Waals surface area contributed by atoms with E-state index in [1.54, 1.807) is 11.3 Å². The van der Waals surface area contributed by atoms with Gasteiger partial charge in [-0.1, -0.05) is 23.4 Å². The van der Waals surface area contributed by atoms with Crippen LogP contribution in [0.3, 0.4) is 0 Å². The standard InChI is InChI=1S/C23H25N3O2S2/c1-4-28-16-6-8-20-21(12-16)30-23(26-20)29-13-22(27)24-10-9-17-15(3)25-19-7-5-14(2)11-18(17)19/h5-8,11-12,25H,4,9-10,13H2,1-3H3,(H,24,27). The van der Waals surface area contributed by atoms with Crippen molar-refractivity contribution in [1.29, 1.82) is 0 Å². The SMILES string of the molecule is CCOc1ccc2nc(SCC(=O)NCCc3c(C)[nH]c4ccc(C)cc34)sc2c1. The lowest BCUT2D eigenvalue weighted by atomic mass is 10.1. The minimum Gasteiger partial charge on any atom is -0.494 e. The maximum absolute atomic E-state index is 12.3. The van der Waals surface area contributed by atoms with Crippen molar-refractivity contribution in [3.05, 3.63) is 53.2 Å². The molecule has 0 radical (unpaired) electrons. The maximum Gasteiger partial charge on any atom is 0.230 e. The molecule has 0 fully saturated rings. The van der Waals surface area contributed by atoms with Gasteiger partial charge in [-0.15, -0.1) is 11.3 Å². The maximum atomic E-state index is 12.3. The molecule has 7 heteroatoms. The Morgan fingerprint density at radius 2 is 2.10 bits per heavy atom. The highest BCUT2D eigenvalue weighted by molar-refractivity contribution is 8.01. The third-order valence-corrected chi connectivity index (χ3v) is 7.11. The van der Waals surface area contributed by atoms with Gasteiger partial charge in [0.15, 0.2) is 4.34 Å². The monoisotopic (exact) mass is 439 g/mol. The number of benzene rings is 2. The number of carbonyl (C=O) groups is 1. The van der Waals surface area contributed by atoms with E-state index in [1.165, 1.54) is 34.0 Å². The van der Waals surface area contributed by atoms with Gasteiger partial charge in [0.2, 0.25) is 5.91 Å². The molecule has 2 heterocycles. The van der Waals surface area contributed by atoms with E-state index in [1.807, 2.05) is 25.1 Å². The highest BCUT2D eigenvalue weighted by Gasteiger charge is 2.11. The van der Waals surface area contributed by atoms with Crippen LogP contribution in [0, 0.1) is 13.8 Å². The number of H-pyrrole nitrogens is 1. The summed E-state index contributed by atoms with van der Waals surface area (Å²) in [5.41, 5.74) is 5.78.